The van der Waals surface area contributed by atoms with Crippen molar-refractivity contribution in [3.8, 4) is 0 Å². The summed E-state index contributed by atoms with van der Waals surface area (Å²) in [5.74, 6) is -0.476. The Labute approximate surface area is 75.4 Å². The van der Waals surface area contributed by atoms with E-state index in [1.165, 1.54) is 7.11 Å². The molecule has 0 aromatic carbocycles. The van der Waals surface area contributed by atoms with Gasteiger partial charge in [0, 0.05) is 6.54 Å². The van der Waals surface area contributed by atoms with Crippen LogP contribution in [-0.2, 0) is 14.1 Å². The minimum atomic E-state index is -4.07. The van der Waals surface area contributed by atoms with Crippen LogP contribution in [0.15, 0.2) is 0 Å². The van der Waals surface area contributed by atoms with Crippen molar-refractivity contribution >= 4 is 13.6 Å². The molecule has 1 fully saturated rings. The first-order chi connectivity index (χ1) is 5.95. The van der Waals surface area contributed by atoms with Crippen LogP contribution < -0.4 is 5.32 Å². The molecule has 0 bridgehead atoms. The molecule has 13 heavy (non-hydrogen) atoms. The lowest BCUT2D eigenvalue weighted by Crippen LogP contribution is -2.31. The summed E-state index contributed by atoms with van der Waals surface area (Å²) in [7, 11) is -2.83. The van der Waals surface area contributed by atoms with E-state index in [-0.39, 0.29) is 13.0 Å². The van der Waals surface area contributed by atoms with Crippen molar-refractivity contribution in [1.29, 1.82) is 0 Å². The van der Waals surface area contributed by atoms with Gasteiger partial charge in [0.1, 0.15) is 6.04 Å². The molecule has 0 saturated carbocycles. The van der Waals surface area contributed by atoms with Gasteiger partial charge < -0.3 is 19.8 Å². The molecule has 6 nitrogen and oxygen atoms in total. The molecule has 1 aliphatic rings. The van der Waals surface area contributed by atoms with Gasteiger partial charge in [-0.15, -0.1) is 0 Å². The molecule has 0 spiro atoms. The molecule has 7 heteroatoms. The van der Waals surface area contributed by atoms with Crippen molar-refractivity contribution in [2.24, 2.45) is 0 Å². The van der Waals surface area contributed by atoms with Crippen LogP contribution in [0.1, 0.15) is 6.42 Å². The molecule has 1 saturated heterocycles. The summed E-state index contributed by atoms with van der Waals surface area (Å²) < 4.78 is 15.2. The highest BCUT2D eigenvalue weighted by atomic mass is 31.2. The molecule has 0 radical (unpaired) electrons. The number of nitrogens with one attached hydrogen (secondary N) is 1. The fourth-order valence-electron chi connectivity index (χ4n) is 1.30. The highest BCUT2D eigenvalue weighted by molar-refractivity contribution is 7.52. The largest absolute Gasteiger partial charge is 0.468 e. The third-order valence-electron chi connectivity index (χ3n) is 2.07. The van der Waals surface area contributed by atoms with Gasteiger partial charge in [0.05, 0.1) is 12.8 Å². The highest BCUT2D eigenvalue weighted by Crippen LogP contribution is 2.44. The maximum atomic E-state index is 10.9. The summed E-state index contributed by atoms with van der Waals surface area (Å²) in [6, 6.07) is -0.581. The van der Waals surface area contributed by atoms with Crippen molar-refractivity contribution in [2.45, 2.75) is 18.1 Å². The Balaban J connectivity index is 2.55. The molecule has 0 aliphatic carbocycles. The lowest BCUT2D eigenvalue weighted by Gasteiger charge is -2.10. The van der Waals surface area contributed by atoms with Gasteiger partial charge in [-0.2, -0.15) is 0 Å². The molecule has 0 amide bonds. The van der Waals surface area contributed by atoms with Gasteiger partial charge >= 0.3 is 13.6 Å². The van der Waals surface area contributed by atoms with Gasteiger partial charge in [-0.3, -0.25) is 9.36 Å². The van der Waals surface area contributed by atoms with Crippen molar-refractivity contribution in [3.63, 3.8) is 0 Å². The van der Waals surface area contributed by atoms with E-state index in [0.717, 1.165) is 0 Å². The zero-order valence-corrected chi connectivity index (χ0v) is 8.03. The number of methoxy groups -OCH3 is 1. The van der Waals surface area contributed by atoms with Gasteiger partial charge in [-0.05, 0) is 6.42 Å². The molecule has 2 atom stereocenters. The summed E-state index contributed by atoms with van der Waals surface area (Å²) in [5.41, 5.74) is -0.767. The van der Waals surface area contributed by atoms with Crippen LogP contribution in [0.3, 0.4) is 0 Å². The Morgan fingerprint density at radius 3 is 2.62 bits per heavy atom. The minimum absolute atomic E-state index is 0.136. The smallest absolute Gasteiger partial charge is 0.329 e. The number of rotatable bonds is 2. The Kier molecular flexibility index (Phi) is 3.08. The second-order valence-corrected chi connectivity index (χ2v) is 4.87. The molecule has 1 aliphatic heterocycles. The Morgan fingerprint density at radius 2 is 2.23 bits per heavy atom. The molecule has 2 unspecified atom stereocenters. The normalized spacial score (nSPS) is 28.8. The fourth-order valence-corrected chi connectivity index (χ4v) is 2.12. The summed E-state index contributed by atoms with van der Waals surface area (Å²) in [5, 5.41) is 2.70. The van der Waals surface area contributed by atoms with Crippen LogP contribution in [0.5, 0.6) is 0 Å². The molecule has 0 aromatic rings. The molecule has 1 rings (SSSR count). The van der Waals surface area contributed by atoms with Crippen LogP contribution >= 0.6 is 7.60 Å². The summed E-state index contributed by atoms with van der Waals surface area (Å²) >= 11 is 0. The molecule has 0 aromatic heterocycles. The maximum Gasteiger partial charge on any atom is 0.329 e. The fraction of sp³-hybridized carbons (Fsp3) is 0.833. The summed E-state index contributed by atoms with van der Waals surface area (Å²) in [6.45, 7) is 0.157. The first-order valence-corrected chi connectivity index (χ1v) is 5.49. The van der Waals surface area contributed by atoms with E-state index < -0.39 is 25.3 Å². The van der Waals surface area contributed by atoms with Crippen molar-refractivity contribution in [1.82, 2.24) is 5.32 Å². The first kappa shape index (κ1) is 10.7. The maximum absolute atomic E-state index is 10.9. The van der Waals surface area contributed by atoms with Gasteiger partial charge in [-0.25, -0.2) is 0 Å². The van der Waals surface area contributed by atoms with Gasteiger partial charge in [-0.1, -0.05) is 0 Å². The standard InChI is InChI=1S/C6H12NO5P/c1-12-6(8)5-2-4(3-7-5)13(9,10)11/h4-5,7H,2-3H2,1H3,(H2,9,10,11). The number of esters is 1. The molecule has 76 valence electrons. The lowest BCUT2D eigenvalue weighted by molar-refractivity contribution is -0.142. The molecule has 3 N–H and O–H groups in total. The molecule has 1 heterocycles. The van der Waals surface area contributed by atoms with Gasteiger partial charge in [0.2, 0.25) is 0 Å². The van der Waals surface area contributed by atoms with Crippen molar-refractivity contribution < 1.29 is 23.9 Å². The zero-order valence-electron chi connectivity index (χ0n) is 7.14. The number of carbonyl (C=O) groups is 1. The van der Waals surface area contributed by atoms with Crippen LogP contribution in [0.4, 0.5) is 0 Å². The van der Waals surface area contributed by atoms with Crippen LogP contribution in [-0.4, -0.2) is 41.1 Å². The van der Waals surface area contributed by atoms with E-state index in [1.807, 2.05) is 0 Å². The Bertz CT molecular complexity index is 249. The number of carbonyl (C=O) groups excluding carboxylic acids is 1. The van der Waals surface area contributed by atoms with E-state index in [2.05, 4.69) is 10.1 Å². The first-order valence-electron chi connectivity index (χ1n) is 3.81. The molecular formula is C6H12NO5P. The SMILES string of the molecule is COC(=O)C1CC(P(=O)(O)O)CN1. The topological polar surface area (TPSA) is 95.9 Å². The van der Waals surface area contributed by atoms with Crippen molar-refractivity contribution in [2.75, 3.05) is 13.7 Å². The van der Waals surface area contributed by atoms with Crippen LogP contribution in [0, 0.1) is 0 Å². The predicted octanol–water partition coefficient (Wildman–Crippen LogP) is -0.932. The monoisotopic (exact) mass is 209 g/mol. The highest BCUT2D eigenvalue weighted by Gasteiger charge is 2.39. The van der Waals surface area contributed by atoms with E-state index in [1.54, 1.807) is 0 Å². The minimum Gasteiger partial charge on any atom is -0.468 e. The average molecular weight is 209 g/mol. The van der Waals surface area contributed by atoms with E-state index in [9.17, 15) is 9.36 Å². The quantitative estimate of drug-likeness (QED) is 0.401. The third-order valence-corrected chi connectivity index (χ3v) is 3.41. The van der Waals surface area contributed by atoms with E-state index in [0.29, 0.717) is 0 Å². The third kappa shape index (κ3) is 2.51. The number of ether oxygens (including phenoxy) is 1. The predicted molar refractivity (Wildman–Crippen MR) is 44.3 cm³/mol. The van der Waals surface area contributed by atoms with Crippen LogP contribution in [0.2, 0.25) is 0 Å². The van der Waals surface area contributed by atoms with Gasteiger partial charge in [0.25, 0.3) is 0 Å². The average Bonchev–Trinajstić information content (AvgIpc) is 2.50. The number of hydrogen-bond acceptors (Lipinski definition) is 4. The lowest BCUT2D eigenvalue weighted by atomic mass is 10.2. The second-order valence-electron chi connectivity index (χ2n) is 2.96. The van der Waals surface area contributed by atoms with E-state index >= 15 is 0 Å². The number of hydrogen-bond donors (Lipinski definition) is 3. The Morgan fingerprint density at radius 1 is 1.62 bits per heavy atom. The molecular weight excluding hydrogens is 197 g/mol. The Hall–Kier alpha value is -0.420. The van der Waals surface area contributed by atoms with Crippen molar-refractivity contribution in [3.05, 3.63) is 0 Å². The van der Waals surface area contributed by atoms with Gasteiger partial charge in [0.15, 0.2) is 0 Å². The van der Waals surface area contributed by atoms with Crippen LogP contribution in [0.25, 0.3) is 0 Å². The second kappa shape index (κ2) is 3.75. The summed E-state index contributed by atoms with van der Waals surface area (Å²) in [6.07, 6.45) is 0.136. The van der Waals surface area contributed by atoms with E-state index in [4.69, 9.17) is 9.79 Å². The zero-order chi connectivity index (χ0) is 10.1. The summed E-state index contributed by atoms with van der Waals surface area (Å²) in [4.78, 5) is 28.6.